The summed E-state index contributed by atoms with van der Waals surface area (Å²) in [6, 6.07) is 9.41. The fourth-order valence-electron chi connectivity index (χ4n) is 3.30. The molecule has 0 saturated carbocycles. The molecule has 3 heterocycles. The number of thiophene rings is 1. The number of nitrogen functional groups attached to an aromatic ring is 2. The van der Waals surface area contributed by atoms with E-state index in [1.165, 1.54) is 11.3 Å². The van der Waals surface area contributed by atoms with Gasteiger partial charge in [0.2, 0.25) is 0 Å². The summed E-state index contributed by atoms with van der Waals surface area (Å²) < 4.78 is 0. The summed E-state index contributed by atoms with van der Waals surface area (Å²) in [4.78, 5) is 22.6. The van der Waals surface area contributed by atoms with Crippen LogP contribution in [0.4, 0.5) is 16.6 Å². The molecule has 0 aliphatic rings. The summed E-state index contributed by atoms with van der Waals surface area (Å²) >= 11 is 8.39. The number of amides is 1. The van der Waals surface area contributed by atoms with Crippen molar-refractivity contribution in [2.45, 2.75) is 19.8 Å². The van der Waals surface area contributed by atoms with Gasteiger partial charge in [-0.15, -0.1) is 22.7 Å². The number of thiazole rings is 1. The van der Waals surface area contributed by atoms with Crippen molar-refractivity contribution in [2.24, 2.45) is 0 Å². The van der Waals surface area contributed by atoms with Crippen molar-refractivity contribution in [2.75, 3.05) is 16.8 Å². The van der Waals surface area contributed by atoms with Crippen LogP contribution in [0.25, 0.3) is 21.5 Å². The maximum Gasteiger partial charge on any atom is 0.269 e. The lowest BCUT2D eigenvalue weighted by molar-refractivity contribution is 0.103. The van der Waals surface area contributed by atoms with Gasteiger partial charge in [-0.25, -0.2) is 9.97 Å². The smallest absolute Gasteiger partial charge is 0.269 e. The Morgan fingerprint density at radius 3 is 2.58 bits per heavy atom. The fourth-order valence-corrected chi connectivity index (χ4v) is 5.16. The third kappa shape index (κ3) is 3.81. The average molecular weight is 469 g/mol. The number of nitrogens with two attached hydrogens (primary N) is 2. The minimum atomic E-state index is -0.385. The van der Waals surface area contributed by atoms with Gasteiger partial charge in [0.05, 0.1) is 16.9 Å². The van der Waals surface area contributed by atoms with E-state index >= 15 is 0 Å². The Labute approximate surface area is 191 Å². The number of nitrogens with zero attached hydrogens (tertiary/aromatic N) is 3. The van der Waals surface area contributed by atoms with E-state index in [-0.39, 0.29) is 17.6 Å². The number of rotatable bonds is 4. The van der Waals surface area contributed by atoms with Crippen molar-refractivity contribution in [3.8, 4) is 17.3 Å². The second kappa shape index (κ2) is 8.15. The molecule has 1 aromatic carbocycles. The van der Waals surface area contributed by atoms with Crippen molar-refractivity contribution in [3.63, 3.8) is 0 Å². The quantitative estimate of drug-likeness (QED) is 0.363. The molecule has 0 fully saturated rings. The summed E-state index contributed by atoms with van der Waals surface area (Å²) in [5, 5.41) is 15.9. The first-order valence-corrected chi connectivity index (χ1v) is 11.3. The van der Waals surface area contributed by atoms with Crippen LogP contribution in [0.2, 0.25) is 5.02 Å². The molecule has 0 saturated heterocycles. The van der Waals surface area contributed by atoms with Crippen LogP contribution < -0.4 is 16.8 Å². The molecule has 0 unspecified atom stereocenters. The zero-order chi connectivity index (χ0) is 22.3. The second-order valence-electron chi connectivity index (χ2n) is 7.08. The van der Waals surface area contributed by atoms with E-state index in [0.29, 0.717) is 42.1 Å². The number of aromatic nitrogens is 2. The number of pyridine rings is 1. The standard InChI is InChI=1S/C21H17ClN6OS2/c1-9(2)14-12(7-23)18(25)27-20-15(14)16(24)17(31-20)19(29)28-21-26-13(8-30-21)10-3-5-11(22)6-4-10/h3-6,8-9H,24H2,1-2H3,(H2,25,27)(H,26,28,29). The summed E-state index contributed by atoms with van der Waals surface area (Å²) in [6.07, 6.45) is 0. The van der Waals surface area contributed by atoms with Gasteiger partial charge in [-0.1, -0.05) is 37.6 Å². The highest BCUT2D eigenvalue weighted by molar-refractivity contribution is 7.21. The van der Waals surface area contributed by atoms with Gasteiger partial charge < -0.3 is 11.5 Å². The third-order valence-electron chi connectivity index (χ3n) is 4.70. The predicted octanol–water partition coefficient (Wildman–Crippen LogP) is 5.48. The van der Waals surface area contributed by atoms with E-state index < -0.39 is 0 Å². The van der Waals surface area contributed by atoms with Gasteiger partial charge in [-0.05, 0) is 23.6 Å². The monoisotopic (exact) mass is 468 g/mol. The molecule has 3 aromatic heterocycles. The molecule has 5 N–H and O–H groups in total. The van der Waals surface area contributed by atoms with Crippen LogP contribution >= 0.6 is 34.3 Å². The number of nitrogens with one attached hydrogen (secondary N) is 1. The Kier molecular flexibility index (Phi) is 5.54. The molecular formula is C21H17ClN6OS2. The first-order valence-electron chi connectivity index (χ1n) is 9.24. The SMILES string of the molecule is CC(C)c1c(C#N)c(N)nc2sc(C(=O)Nc3nc(-c4ccc(Cl)cc4)cs3)c(N)c12. The lowest BCUT2D eigenvalue weighted by Crippen LogP contribution is -2.12. The molecule has 156 valence electrons. The van der Waals surface area contributed by atoms with Crippen LogP contribution in [0.5, 0.6) is 0 Å². The molecule has 0 aliphatic carbocycles. The van der Waals surface area contributed by atoms with E-state index in [2.05, 4.69) is 21.4 Å². The van der Waals surface area contributed by atoms with Gasteiger partial charge in [0, 0.05) is 21.4 Å². The molecule has 4 aromatic rings. The summed E-state index contributed by atoms with van der Waals surface area (Å²) in [6.45, 7) is 3.89. The molecule has 1 amide bonds. The van der Waals surface area contributed by atoms with E-state index in [4.69, 9.17) is 23.1 Å². The van der Waals surface area contributed by atoms with Gasteiger partial charge in [-0.2, -0.15) is 5.26 Å². The highest BCUT2D eigenvalue weighted by Crippen LogP contribution is 2.41. The molecule has 10 heteroatoms. The number of hydrogen-bond acceptors (Lipinski definition) is 8. The van der Waals surface area contributed by atoms with E-state index in [1.54, 1.807) is 12.1 Å². The first-order chi connectivity index (χ1) is 14.8. The number of anilines is 3. The zero-order valence-corrected chi connectivity index (χ0v) is 19.0. The highest BCUT2D eigenvalue weighted by atomic mass is 35.5. The third-order valence-corrected chi connectivity index (χ3v) is 6.81. The van der Waals surface area contributed by atoms with Gasteiger partial charge in [0.1, 0.15) is 21.6 Å². The highest BCUT2D eigenvalue weighted by Gasteiger charge is 2.25. The zero-order valence-electron chi connectivity index (χ0n) is 16.6. The number of nitriles is 1. The molecule has 0 radical (unpaired) electrons. The van der Waals surface area contributed by atoms with Crippen LogP contribution in [0.15, 0.2) is 29.6 Å². The Morgan fingerprint density at radius 1 is 1.23 bits per heavy atom. The number of carbonyl (C=O) groups is 1. The molecule has 0 atom stereocenters. The van der Waals surface area contributed by atoms with E-state index in [1.807, 2.05) is 31.4 Å². The molecule has 0 aliphatic heterocycles. The number of carbonyl (C=O) groups excluding carboxylic acids is 1. The van der Waals surface area contributed by atoms with Crippen LogP contribution in [-0.2, 0) is 0 Å². The predicted molar refractivity (Wildman–Crippen MR) is 128 cm³/mol. The van der Waals surface area contributed by atoms with Crippen molar-refractivity contribution in [1.29, 1.82) is 5.26 Å². The van der Waals surface area contributed by atoms with Gasteiger partial charge in [0.15, 0.2) is 5.13 Å². The van der Waals surface area contributed by atoms with Gasteiger partial charge >= 0.3 is 0 Å². The van der Waals surface area contributed by atoms with Crippen molar-refractivity contribution >= 4 is 67.0 Å². The molecule has 0 spiro atoms. The number of hydrogen-bond donors (Lipinski definition) is 3. The Balaban J connectivity index is 1.69. The average Bonchev–Trinajstić information content (AvgIpc) is 3.32. The number of fused-ring (bicyclic) bond motifs is 1. The van der Waals surface area contributed by atoms with Crippen LogP contribution in [-0.4, -0.2) is 15.9 Å². The van der Waals surface area contributed by atoms with Crippen molar-refractivity contribution < 1.29 is 4.79 Å². The summed E-state index contributed by atoms with van der Waals surface area (Å²) in [5.41, 5.74) is 15.2. The molecule has 0 bridgehead atoms. The first kappa shape index (κ1) is 21.1. The lowest BCUT2D eigenvalue weighted by atomic mass is 9.95. The van der Waals surface area contributed by atoms with Crippen molar-refractivity contribution in [1.82, 2.24) is 9.97 Å². The topological polar surface area (TPSA) is 131 Å². The van der Waals surface area contributed by atoms with Gasteiger partial charge in [0.25, 0.3) is 5.91 Å². The summed E-state index contributed by atoms with van der Waals surface area (Å²) in [5.74, 6) is -0.264. The van der Waals surface area contributed by atoms with Crippen LogP contribution in [0.3, 0.4) is 0 Å². The van der Waals surface area contributed by atoms with Crippen molar-refractivity contribution in [3.05, 3.63) is 50.7 Å². The maximum atomic E-state index is 13.0. The Bertz CT molecular complexity index is 1350. The van der Waals surface area contributed by atoms with E-state index in [0.717, 1.165) is 22.6 Å². The molecule has 7 nitrogen and oxygen atoms in total. The lowest BCUT2D eigenvalue weighted by Gasteiger charge is -2.12. The Morgan fingerprint density at radius 2 is 1.94 bits per heavy atom. The minimum Gasteiger partial charge on any atom is -0.397 e. The Hall–Kier alpha value is -3.19. The van der Waals surface area contributed by atoms with Crippen LogP contribution in [0, 0.1) is 11.3 Å². The molecule has 31 heavy (non-hydrogen) atoms. The fraction of sp³-hybridized carbons (Fsp3) is 0.143. The number of benzene rings is 1. The summed E-state index contributed by atoms with van der Waals surface area (Å²) in [7, 11) is 0. The minimum absolute atomic E-state index is 0.0174. The normalized spacial score (nSPS) is 11.1. The second-order valence-corrected chi connectivity index (χ2v) is 9.37. The van der Waals surface area contributed by atoms with Gasteiger partial charge in [-0.3, -0.25) is 10.1 Å². The maximum absolute atomic E-state index is 13.0. The molecular weight excluding hydrogens is 452 g/mol. The largest absolute Gasteiger partial charge is 0.397 e. The molecule has 4 rings (SSSR count). The van der Waals surface area contributed by atoms with E-state index in [9.17, 15) is 10.1 Å². The van der Waals surface area contributed by atoms with Crippen LogP contribution in [0.1, 0.15) is 40.6 Å². The number of halogens is 1.